The van der Waals surface area contributed by atoms with Crippen LogP contribution in [0, 0.1) is 16.0 Å². The molecule has 5 nitrogen and oxygen atoms in total. The van der Waals surface area contributed by atoms with Crippen LogP contribution in [0.3, 0.4) is 0 Å². The van der Waals surface area contributed by atoms with Crippen molar-refractivity contribution in [2.45, 2.75) is 25.9 Å². The van der Waals surface area contributed by atoms with E-state index in [2.05, 4.69) is 0 Å². The van der Waals surface area contributed by atoms with Gasteiger partial charge < -0.3 is 9.84 Å². The number of benzene rings is 1. The molecular formula is C12H15NO4. The molecule has 2 rings (SSSR count). The maximum atomic E-state index is 10.6. The Morgan fingerprint density at radius 3 is 2.82 bits per heavy atom. The van der Waals surface area contributed by atoms with Gasteiger partial charge in [-0.1, -0.05) is 0 Å². The molecule has 0 heterocycles. The minimum absolute atomic E-state index is 0.0281. The molecule has 1 aliphatic rings. The van der Waals surface area contributed by atoms with Crippen LogP contribution in [0.1, 0.15) is 31.4 Å². The monoisotopic (exact) mass is 237 g/mol. The van der Waals surface area contributed by atoms with Crippen LogP contribution in [0.25, 0.3) is 0 Å². The molecule has 1 saturated carbocycles. The fraction of sp³-hybridized carbons (Fsp3) is 0.500. The third-order valence-corrected chi connectivity index (χ3v) is 2.83. The number of nitro benzene ring substituents is 1. The van der Waals surface area contributed by atoms with E-state index in [0.29, 0.717) is 23.8 Å². The van der Waals surface area contributed by atoms with Crippen LogP contribution in [0.5, 0.6) is 5.75 Å². The van der Waals surface area contributed by atoms with Crippen LogP contribution in [0.15, 0.2) is 18.2 Å². The molecule has 5 heteroatoms. The molecule has 0 saturated heterocycles. The van der Waals surface area contributed by atoms with Crippen molar-refractivity contribution in [2.75, 3.05) is 6.61 Å². The molecule has 1 aromatic carbocycles. The highest BCUT2D eigenvalue weighted by Crippen LogP contribution is 2.33. The van der Waals surface area contributed by atoms with Gasteiger partial charge in [0.05, 0.1) is 17.6 Å². The largest absolute Gasteiger partial charge is 0.493 e. The van der Waals surface area contributed by atoms with Gasteiger partial charge in [0.2, 0.25) is 0 Å². The highest BCUT2D eigenvalue weighted by molar-refractivity contribution is 5.44. The molecule has 0 radical (unpaired) electrons. The van der Waals surface area contributed by atoms with Crippen molar-refractivity contribution in [3.63, 3.8) is 0 Å². The maximum absolute atomic E-state index is 10.6. The number of hydrogen-bond donors (Lipinski definition) is 1. The normalized spacial score (nSPS) is 16.6. The Morgan fingerprint density at radius 2 is 2.29 bits per heavy atom. The Hall–Kier alpha value is -1.62. The number of ether oxygens (including phenoxy) is 1. The van der Waals surface area contributed by atoms with Crippen LogP contribution in [-0.2, 0) is 0 Å². The predicted molar refractivity (Wildman–Crippen MR) is 61.9 cm³/mol. The standard InChI is InChI=1S/C12H15NO4/c1-8(14)11-6-10(13(15)16)4-5-12(11)17-7-9-2-3-9/h4-6,8-9,14H,2-3,7H2,1H3. The summed E-state index contributed by atoms with van der Waals surface area (Å²) in [6, 6.07) is 4.32. The molecule has 1 fully saturated rings. The van der Waals surface area contributed by atoms with Crippen molar-refractivity contribution >= 4 is 5.69 Å². The van der Waals surface area contributed by atoms with Gasteiger partial charge in [-0.25, -0.2) is 0 Å². The average molecular weight is 237 g/mol. The number of nitrogens with zero attached hydrogens (tertiary/aromatic N) is 1. The van der Waals surface area contributed by atoms with Gasteiger partial charge in [0.15, 0.2) is 0 Å². The molecule has 1 N–H and O–H groups in total. The summed E-state index contributed by atoms with van der Waals surface area (Å²) in [5.74, 6) is 1.14. The first-order valence-corrected chi connectivity index (χ1v) is 5.67. The fourth-order valence-corrected chi connectivity index (χ4v) is 1.60. The Bertz CT molecular complexity index is 427. The quantitative estimate of drug-likeness (QED) is 0.630. The predicted octanol–water partition coefficient (Wildman–Crippen LogP) is 2.44. The Kier molecular flexibility index (Phi) is 3.28. The van der Waals surface area contributed by atoms with E-state index in [1.54, 1.807) is 13.0 Å². The summed E-state index contributed by atoms with van der Waals surface area (Å²) in [6.45, 7) is 2.20. The maximum Gasteiger partial charge on any atom is 0.270 e. The fourth-order valence-electron chi connectivity index (χ4n) is 1.60. The summed E-state index contributed by atoms with van der Waals surface area (Å²) < 4.78 is 5.57. The topological polar surface area (TPSA) is 72.6 Å². The molecule has 0 amide bonds. The van der Waals surface area contributed by atoms with Crippen molar-refractivity contribution in [3.05, 3.63) is 33.9 Å². The van der Waals surface area contributed by atoms with Gasteiger partial charge in [0.1, 0.15) is 5.75 Å². The van der Waals surface area contributed by atoms with E-state index >= 15 is 0 Å². The summed E-state index contributed by atoms with van der Waals surface area (Å²) in [5, 5.41) is 20.2. The van der Waals surface area contributed by atoms with E-state index < -0.39 is 11.0 Å². The van der Waals surface area contributed by atoms with Crippen molar-refractivity contribution in [1.29, 1.82) is 0 Å². The zero-order valence-corrected chi connectivity index (χ0v) is 9.63. The minimum Gasteiger partial charge on any atom is -0.493 e. The second-order valence-corrected chi connectivity index (χ2v) is 4.41. The van der Waals surface area contributed by atoms with Gasteiger partial charge in [-0.3, -0.25) is 10.1 Å². The Balaban J connectivity index is 2.20. The summed E-state index contributed by atoms with van der Waals surface area (Å²) in [7, 11) is 0. The van der Waals surface area contributed by atoms with Crippen molar-refractivity contribution in [3.8, 4) is 5.75 Å². The molecule has 0 spiro atoms. The second-order valence-electron chi connectivity index (χ2n) is 4.41. The lowest BCUT2D eigenvalue weighted by Crippen LogP contribution is -2.04. The number of aliphatic hydroxyl groups is 1. The van der Waals surface area contributed by atoms with E-state index in [-0.39, 0.29) is 5.69 Å². The first kappa shape index (κ1) is 11.9. The molecule has 1 atom stereocenters. The third-order valence-electron chi connectivity index (χ3n) is 2.83. The molecule has 1 aliphatic carbocycles. The lowest BCUT2D eigenvalue weighted by atomic mass is 10.1. The summed E-state index contributed by atoms with van der Waals surface area (Å²) in [5.41, 5.74) is 0.444. The first-order chi connectivity index (χ1) is 8.08. The zero-order valence-electron chi connectivity index (χ0n) is 9.63. The van der Waals surface area contributed by atoms with Crippen LogP contribution in [-0.4, -0.2) is 16.6 Å². The number of nitro groups is 1. The van der Waals surface area contributed by atoms with Gasteiger partial charge in [-0.15, -0.1) is 0 Å². The summed E-state index contributed by atoms with van der Waals surface area (Å²) in [4.78, 5) is 10.2. The van der Waals surface area contributed by atoms with Crippen molar-refractivity contribution in [2.24, 2.45) is 5.92 Å². The van der Waals surface area contributed by atoms with E-state index in [0.717, 1.165) is 0 Å². The minimum atomic E-state index is -0.774. The Morgan fingerprint density at radius 1 is 1.59 bits per heavy atom. The highest BCUT2D eigenvalue weighted by Gasteiger charge is 2.23. The lowest BCUT2D eigenvalue weighted by molar-refractivity contribution is -0.385. The molecule has 0 bridgehead atoms. The van der Waals surface area contributed by atoms with Gasteiger partial charge in [0.25, 0.3) is 5.69 Å². The smallest absolute Gasteiger partial charge is 0.270 e. The molecule has 17 heavy (non-hydrogen) atoms. The summed E-state index contributed by atoms with van der Waals surface area (Å²) >= 11 is 0. The van der Waals surface area contributed by atoms with Crippen LogP contribution in [0.2, 0.25) is 0 Å². The van der Waals surface area contributed by atoms with Crippen molar-refractivity contribution < 1.29 is 14.8 Å². The van der Waals surface area contributed by atoms with E-state index in [4.69, 9.17) is 4.74 Å². The first-order valence-electron chi connectivity index (χ1n) is 5.67. The average Bonchev–Trinajstić information content (AvgIpc) is 3.09. The molecule has 1 unspecified atom stereocenters. The number of aliphatic hydroxyl groups excluding tert-OH is 1. The van der Waals surface area contributed by atoms with Gasteiger partial charge in [0, 0.05) is 17.7 Å². The molecule has 0 aliphatic heterocycles. The van der Waals surface area contributed by atoms with Crippen LogP contribution < -0.4 is 4.74 Å². The number of rotatable bonds is 5. The van der Waals surface area contributed by atoms with Gasteiger partial charge in [-0.2, -0.15) is 0 Å². The van der Waals surface area contributed by atoms with E-state index in [9.17, 15) is 15.2 Å². The van der Waals surface area contributed by atoms with E-state index in [1.165, 1.54) is 25.0 Å². The Labute approximate surface area is 99.2 Å². The summed E-state index contributed by atoms with van der Waals surface area (Å²) in [6.07, 6.45) is 1.58. The lowest BCUT2D eigenvalue weighted by Gasteiger charge is -2.12. The molecular weight excluding hydrogens is 222 g/mol. The van der Waals surface area contributed by atoms with Gasteiger partial charge >= 0.3 is 0 Å². The molecule has 92 valence electrons. The van der Waals surface area contributed by atoms with Crippen LogP contribution in [0.4, 0.5) is 5.69 Å². The number of hydrogen-bond acceptors (Lipinski definition) is 4. The number of non-ortho nitro benzene ring substituents is 1. The van der Waals surface area contributed by atoms with Gasteiger partial charge in [-0.05, 0) is 31.7 Å². The SMILES string of the molecule is CC(O)c1cc([N+](=O)[O-])ccc1OCC1CC1. The molecule has 1 aromatic rings. The molecule has 0 aromatic heterocycles. The second kappa shape index (κ2) is 4.71. The van der Waals surface area contributed by atoms with Crippen LogP contribution >= 0.6 is 0 Å². The van der Waals surface area contributed by atoms with Crippen molar-refractivity contribution in [1.82, 2.24) is 0 Å². The van der Waals surface area contributed by atoms with E-state index in [1.807, 2.05) is 0 Å². The zero-order chi connectivity index (χ0) is 12.4. The third kappa shape index (κ3) is 2.94. The highest BCUT2D eigenvalue weighted by atomic mass is 16.6.